The number of hydrogen-bond donors (Lipinski definition) is 1. The first-order valence-electron chi connectivity index (χ1n) is 5.16. The Morgan fingerprint density at radius 3 is 2.82 bits per heavy atom. The van der Waals surface area contributed by atoms with Crippen LogP contribution in [0.1, 0.15) is 5.56 Å². The zero-order valence-corrected chi connectivity index (χ0v) is 11.1. The molecule has 0 atom stereocenters. The Labute approximate surface area is 111 Å². The monoisotopic (exact) mass is 275 g/mol. The highest BCUT2D eigenvalue weighted by Crippen LogP contribution is 2.31. The van der Waals surface area contributed by atoms with Crippen LogP contribution in [0, 0.1) is 0 Å². The van der Waals surface area contributed by atoms with Crippen LogP contribution in [0.15, 0.2) is 28.8 Å². The molecule has 0 bridgehead atoms. The lowest BCUT2D eigenvalue weighted by molar-refractivity contribution is 0.320. The molecule has 0 unspecified atom stereocenters. The van der Waals surface area contributed by atoms with E-state index >= 15 is 0 Å². The summed E-state index contributed by atoms with van der Waals surface area (Å²) in [7, 11) is 1.59. The summed E-state index contributed by atoms with van der Waals surface area (Å²) < 4.78 is 10.8. The van der Waals surface area contributed by atoms with Gasteiger partial charge in [0.15, 0.2) is 11.5 Å². The standard InChI is InChI=1S/C12H15Cl2NO2/c1-16-11-4-2-3-9(5-6-15)12(11)17-8-10(14)7-13/h2-4,7H,5-6,8,15H2,1H3. The minimum atomic E-state index is 0.211. The third-order valence-electron chi connectivity index (χ3n) is 2.17. The lowest BCUT2D eigenvalue weighted by atomic mass is 10.1. The average Bonchev–Trinajstić information content (AvgIpc) is 2.36. The topological polar surface area (TPSA) is 44.5 Å². The van der Waals surface area contributed by atoms with Crippen molar-refractivity contribution < 1.29 is 9.47 Å². The Morgan fingerprint density at radius 2 is 2.24 bits per heavy atom. The average molecular weight is 276 g/mol. The number of hydrogen-bond acceptors (Lipinski definition) is 3. The van der Waals surface area contributed by atoms with Gasteiger partial charge in [-0.15, -0.1) is 0 Å². The minimum Gasteiger partial charge on any atom is -0.493 e. The molecule has 94 valence electrons. The van der Waals surface area contributed by atoms with Gasteiger partial charge in [0, 0.05) is 5.54 Å². The van der Waals surface area contributed by atoms with Crippen molar-refractivity contribution in [3.05, 3.63) is 34.3 Å². The van der Waals surface area contributed by atoms with Gasteiger partial charge < -0.3 is 15.2 Å². The molecule has 0 aliphatic carbocycles. The van der Waals surface area contributed by atoms with E-state index in [9.17, 15) is 0 Å². The molecule has 0 fully saturated rings. The summed E-state index contributed by atoms with van der Waals surface area (Å²) in [6, 6.07) is 5.67. The highest BCUT2D eigenvalue weighted by molar-refractivity contribution is 6.36. The van der Waals surface area contributed by atoms with Gasteiger partial charge in [-0.2, -0.15) is 0 Å². The van der Waals surface area contributed by atoms with E-state index in [-0.39, 0.29) is 6.61 Å². The van der Waals surface area contributed by atoms with Crippen LogP contribution >= 0.6 is 23.2 Å². The van der Waals surface area contributed by atoms with Crippen LogP contribution in [0.3, 0.4) is 0 Å². The van der Waals surface area contributed by atoms with Crippen molar-refractivity contribution in [3.8, 4) is 11.5 Å². The number of ether oxygens (including phenoxy) is 2. The molecule has 0 saturated heterocycles. The number of methoxy groups -OCH3 is 1. The van der Waals surface area contributed by atoms with Crippen LogP contribution in [-0.4, -0.2) is 20.3 Å². The second-order valence-corrected chi connectivity index (χ2v) is 4.04. The number of rotatable bonds is 6. The van der Waals surface area contributed by atoms with Crippen LogP contribution in [0.2, 0.25) is 0 Å². The Kier molecular flexibility index (Phi) is 6.19. The van der Waals surface area contributed by atoms with Crippen molar-refractivity contribution in [2.45, 2.75) is 6.42 Å². The first-order valence-corrected chi connectivity index (χ1v) is 5.97. The van der Waals surface area contributed by atoms with E-state index in [4.69, 9.17) is 38.4 Å². The SMILES string of the molecule is COc1cccc(CCN)c1OCC(Cl)=CCl. The van der Waals surface area contributed by atoms with E-state index in [1.165, 1.54) is 5.54 Å². The van der Waals surface area contributed by atoms with Gasteiger partial charge in [-0.1, -0.05) is 35.3 Å². The lowest BCUT2D eigenvalue weighted by Gasteiger charge is -2.14. The summed E-state index contributed by atoms with van der Waals surface area (Å²) in [5.41, 5.74) is 7.82. The summed E-state index contributed by atoms with van der Waals surface area (Å²) in [4.78, 5) is 0. The van der Waals surface area contributed by atoms with E-state index in [1.807, 2.05) is 18.2 Å². The third-order valence-corrected chi connectivity index (χ3v) is 2.76. The summed E-state index contributed by atoms with van der Waals surface area (Å²) >= 11 is 11.2. The van der Waals surface area contributed by atoms with Crippen LogP contribution < -0.4 is 15.2 Å². The number of benzene rings is 1. The Bertz CT molecular complexity index is 394. The van der Waals surface area contributed by atoms with Crippen molar-refractivity contribution in [2.24, 2.45) is 5.73 Å². The van der Waals surface area contributed by atoms with E-state index in [0.717, 1.165) is 12.0 Å². The molecular weight excluding hydrogens is 261 g/mol. The molecule has 3 nitrogen and oxygen atoms in total. The number of para-hydroxylation sites is 1. The van der Waals surface area contributed by atoms with E-state index in [0.29, 0.717) is 23.1 Å². The zero-order chi connectivity index (χ0) is 12.7. The van der Waals surface area contributed by atoms with Crippen molar-refractivity contribution in [1.82, 2.24) is 0 Å². The van der Waals surface area contributed by atoms with E-state index < -0.39 is 0 Å². The highest BCUT2D eigenvalue weighted by atomic mass is 35.5. The van der Waals surface area contributed by atoms with Gasteiger partial charge in [-0.05, 0) is 24.6 Å². The molecule has 0 saturated carbocycles. The van der Waals surface area contributed by atoms with Crippen LogP contribution in [0.25, 0.3) is 0 Å². The molecule has 0 aliphatic rings. The fourth-order valence-corrected chi connectivity index (χ4v) is 1.53. The maximum Gasteiger partial charge on any atom is 0.164 e. The number of halogens is 2. The van der Waals surface area contributed by atoms with Crippen LogP contribution in [0.4, 0.5) is 0 Å². The Morgan fingerprint density at radius 1 is 1.47 bits per heavy atom. The molecular formula is C12H15Cl2NO2. The maximum absolute atomic E-state index is 5.78. The summed E-state index contributed by atoms with van der Waals surface area (Å²) in [5.74, 6) is 1.33. The first-order chi connectivity index (χ1) is 8.22. The zero-order valence-electron chi connectivity index (χ0n) is 9.58. The molecule has 2 N–H and O–H groups in total. The predicted molar refractivity (Wildman–Crippen MR) is 71.0 cm³/mol. The van der Waals surface area contributed by atoms with Crippen LogP contribution in [-0.2, 0) is 6.42 Å². The van der Waals surface area contributed by atoms with Crippen molar-refractivity contribution in [1.29, 1.82) is 0 Å². The van der Waals surface area contributed by atoms with Gasteiger partial charge in [0.2, 0.25) is 0 Å². The van der Waals surface area contributed by atoms with E-state index in [2.05, 4.69) is 0 Å². The molecule has 0 radical (unpaired) electrons. The molecule has 1 aromatic carbocycles. The predicted octanol–water partition coefficient (Wildman–Crippen LogP) is 2.89. The maximum atomic E-state index is 5.78. The molecule has 0 aliphatic heterocycles. The van der Waals surface area contributed by atoms with Crippen molar-refractivity contribution in [3.63, 3.8) is 0 Å². The van der Waals surface area contributed by atoms with Gasteiger partial charge in [-0.25, -0.2) is 0 Å². The smallest absolute Gasteiger partial charge is 0.164 e. The number of nitrogens with two attached hydrogens (primary N) is 1. The van der Waals surface area contributed by atoms with Crippen LogP contribution in [0.5, 0.6) is 11.5 Å². The lowest BCUT2D eigenvalue weighted by Crippen LogP contribution is -2.07. The van der Waals surface area contributed by atoms with Gasteiger partial charge >= 0.3 is 0 Å². The minimum absolute atomic E-state index is 0.211. The second-order valence-electron chi connectivity index (χ2n) is 3.33. The molecule has 0 amide bonds. The summed E-state index contributed by atoms with van der Waals surface area (Å²) in [6.45, 7) is 0.756. The fraction of sp³-hybridized carbons (Fsp3) is 0.333. The molecule has 1 rings (SSSR count). The molecule has 5 heteroatoms. The van der Waals surface area contributed by atoms with Gasteiger partial charge in [0.25, 0.3) is 0 Å². The fourth-order valence-electron chi connectivity index (χ4n) is 1.41. The van der Waals surface area contributed by atoms with Gasteiger partial charge in [-0.3, -0.25) is 0 Å². The molecule has 0 aromatic heterocycles. The molecule has 0 spiro atoms. The van der Waals surface area contributed by atoms with Crippen molar-refractivity contribution >= 4 is 23.2 Å². The Hall–Kier alpha value is -0.900. The normalized spacial score (nSPS) is 11.4. The van der Waals surface area contributed by atoms with Crippen molar-refractivity contribution in [2.75, 3.05) is 20.3 Å². The third kappa shape index (κ3) is 4.11. The highest BCUT2D eigenvalue weighted by Gasteiger charge is 2.10. The van der Waals surface area contributed by atoms with E-state index in [1.54, 1.807) is 7.11 Å². The quantitative estimate of drug-likeness (QED) is 0.868. The molecule has 1 aromatic rings. The van der Waals surface area contributed by atoms with Gasteiger partial charge in [0.1, 0.15) is 6.61 Å². The molecule has 0 heterocycles. The molecule has 17 heavy (non-hydrogen) atoms. The first kappa shape index (κ1) is 14.2. The largest absolute Gasteiger partial charge is 0.493 e. The summed E-state index contributed by atoms with van der Waals surface area (Å²) in [6.07, 6.45) is 0.717. The van der Waals surface area contributed by atoms with Gasteiger partial charge in [0.05, 0.1) is 12.1 Å². The second kappa shape index (κ2) is 7.43. The summed E-state index contributed by atoms with van der Waals surface area (Å²) in [5, 5.41) is 0.427. The Balaban J connectivity index is 2.92.